The van der Waals surface area contributed by atoms with Crippen LogP contribution in [0.4, 0.5) is 18.9 Å². The van der Waals surface area contributed by atoms with Gasteiger partial charge in [0.15, 0.2) is 0 Å². The molecule has 0 saturated carbocycles. The van der Waals surface area contributed by atoms with E-state index < -0.39 is 16.8 Å². The van der Waals surface area contributed by atoms with E-state index in [2.05, 4.69) is 15.3 Å². The predicted octanol–water partition coefficient (Wildman–Crippen LogP) is 1.75. The molecule has 0 radical (unpaired) electrons. The number of H-pyrrole nitrogens is 2. The van der Waals surface area contributed by atoms with Crippen LogP contribution >= 0.6 is 0 Å². The minimum atomic E-state index is -4.30. The van der Waals surface area contributed by atoms with Gasteiger partial charge in [-0.1, -0.05) is 0 Å². The minimum Gasteiger partial charge on any atom is -0.279 e. The molecule has 0 atom stereocenters. The van der Waals surface area contributed by atoms with Crippen molar-refractivity contribution in [1.82, 2.24) is 20.4 Å². The van der Waals surface area contributed by atoms with Crippen molar-refractivity contribution < 1.29 is 18.1 Å². The summed E-state index contributed by atoms with van der Waals surface area (Å²) in [4.78, 5) is 9.30. The zero-order valence-corrected chi connectivity index (χ0v) is 8.10. The molecular formula is C7H6F3N5O2. The lowest BCUT2D eigenvalue weighted by molar-refractivity contribution is -0.384. The summed E-state index contributed by atoms with van der Waals surface area (Å²) in [7, 11) is 0. The van der Waals surface area contributed by atoms with Gasteiger partial charge in [-0.2, -0.15) is 23.4 Å². The normalized spacial score (nSPS) is 10.5. The molecule has 0 saturated heterocycles. The molecule has 2 aromatic heterocycles. The highest BCUT2D eigenvalue weighted by Gasteiger charge is 2.31. The zero-order valence-electron chi connectivity index (χ0n) is 8.10. The van der Waals surface area contributed by atoms with Crippen molar-refractivity contribution in [3.8, 4) is 0 Å². The largest absolute Gasteiger partial charge is 0.432 e. The molecule has 10 heteroatoms. The summed E-state index contributed by atoms with van der Waals surface area (Å²) in [6.45, 7) is 0. The predicted molar refractivity (Wildman–Crippen MR) is 48.8 cm³/mol. The van der Waals surface area contributed by atoms with Crippen LogP contribution in [0.1, 0.15) is 5.69 Å². The smallest absolute Gasteiger partial charge is 0.279 e. The standard InChI is InChI=1S/C4H3F3N2.C3H3N3O2/c5-4(6,7)3-1-2-8-9-3;7-6(8)3-1-4-5-2-3/h1-2H,(H,8,9);1-2H,(H,4,5). The quantitative estimate of drug-likeness (QED) is 0.593. The lowest BCUT2D eigenvalue weighted by Crippen LogP contribution is -2.04. The fraction of sp³-hybridized carbons (Fsp3) is 0.143. The number of nitrogens with one attached hydrogen (secondary N) is 2. The number of rotatable bonds is 1. The maximum Gasteiger partial charge on any atom is 0.432 e. The van der Waals surface area contributed by atoms with Gasteiger partial charge in [0.05, 0.1) is 11.1 Å². The highest BCUT2D eigenvalue weighted by Crippen LogP contribution is 2.26. The van der Waals surface area contributed by atoms with Gasteiger partial charge in [-0.3, -0.25) is 20.3 Å². The van der Waals surface area contributed by atoms with Crippen molar-refractivity contribution in [2.75, 3.05) is 0 Å². The first-order valence-electron chi connectivity index (χ1n) is 4.11. The number of halogens is 3. The molecule has 2 heterocycles. The molecule has 0 bridgehead atoms. The number of aromatic amines is 2. The van der Waals surface area contributed by atoms with E-state index in [0.29, 0.717) is 0 Å². The first-order chi connectivity index (χ1) is 7.91. The molecule has 0 aliphatic rings. The van der Waals surface area contributed by atoms with Crippen molar-refractivity contribution >= 4 is 5.69 Å². The molecule has 7 nitrogen and oxygen atoms in total. The van der Waals surface area contributed by atoms with Crippen molar-refractivity contribution in [2.24, 2.45) is 0 Å². The second-order valence-electron chi connectivity index (χ2n) is 2.68. The van der Waals surface area contributed by atoms with Gasteiger partial charge in [0.2, 0.25) is 0 Å². The summed E-state index contributed by atoms with van der Waals surface area (Å²) in [5.41, 5.74) is -0.826. The average Bonchev–Trinajstić information content (AvgIpc) is 2.92. The van der Waals surface area contributed by atoms with E-state index in [1.807, 2.05) is 0 Å². The van der Waals surface area contributed by atoms with Crippen LogP contribution in [0.25, 0.3) is 0 Å². The third-order valence-electron chi connectivity index (χ3n) is 1.50. The van der Waals surface area contributed by atoms with Crippen LogP contribution in [0.5, 0.6) is 0 Å². The van der Waals surface area contributed by atoms with Crippen LogP contribution in [-0.2, 0) is 6.18 Å². The van der Waals surface area contributed by atoms with Crippen molar-refractivity contribution in [3.63, 3.8) is 0 Å². The van der Waals surface area contributed by atoms with Gasteiger partial charge in [0, 0.05) is 6.20 Å². The van der Waals surface area contributed by atoms with E-state index >= 15 is 0 Å². The van der Waals surface area contributed by atoms with Crippen molar-refractivity contribution in [2.45, 2.75) is 6.18 Å². The first kappa shape index (κ1) is 12.7. The van der Waals surface area contributed by atoms with E-state index in [0.717, 1.165) is 18.5 Å². The second kappa shape index (κ2) is 5.09. The maximum absolute atomic E-state index is 11.5. The number of hydrogen-bond donors (Lipinski definition) is 2. The van der Waals surface area contributed by atoms with Gasteiger partial charge >= 0.3 is 11.9 Å². The summed E-state index contributed by atoms with van der Waals surface area (Å²) in [5.74, 6) is 0. The Morgan fingerprint density at radius 1 is 1.35 bits per heavy atom. The van der Waals surface area contributed by atoms with Crippen LogP contribution < -0.4 is 0 Å². The van der Waals surface area contributed by atoms with Crippen molar-refractivity contribution in [1.29, 1.82) is 0 Å². The van der Waals surface area contributed by atoms with Gasteiger partial charge in [-0.05, 0) is 6.07 Å². The zero-order chi connectivity index (χ0) is 12.9. The number of nitrogens with zero attached hydrogens (tertiary/aromatic N) is 3. The summed E-state index contributed by atoms with van der Waals surface area (Å²) in [5, 5.41) is 20.4. The Morgan fingerprint density at radius 2 is 2.06 bits per heavy atom. The molecule has 0 unspecified atom stereocenters. The van der Waals surface area contributed by atoms with Crippen LogP contribution in [0.3, 0.4) is 0 Å². The Kier molecular flexibility index (Phi) is 3.80. The van der Waals surface area contributed by atoms with Gasteiger partial charge in [-0.15, -0.1) is 0 Å². The summed E-state index contributed by atoms with van der Waals surface area (Å²) in [6.07, 6.45) is -0.862. The monoisotopic (exact) mass is 249 g/mol. The molecule has 2 N–H and O–H groups in total. The lowest BCUT2D eigenvalue weighted by Gasteiger charge is -1.99. The number of aromatic nitrogens is 4. The van der Waals surface area contributed by atoms with E-state index in [9.17, 15) is 23.3 Å². The Bertz CT molecular complexity index is 450. The second-order valence-corrected chi connectivity index (χ2v) is 2.68. The molecule has 0 spiro atoms. The molecule has 2 aromatic rings. The van der Waals surface area contributed by atoms with Gasteiger partial charge in [0.1, 0.15) is 11.9 Å². The highest BCUT2D eigenvalue weighted by atomic mass is 19.4. The van der Waals surface area contributed by atoms with Gasteiger partial charge < -0.3 is 0 Å². The van der Waals surface area contributed by atoms with Gasteiger partial charge in [-0.25, -0.2) is 0 Å². The summed E-state index contributed by atoms with van der Waals surface area (Å²) < 4.78 is 34.6. The summed E-state index contributed by atoms with van der Waals surface area (Å²) >= 11 is 0. The third kappa shape index (κ3) is 3.93. The number of nitro groups is 1. The highest BCUT2D eigenvalue weighted by molar-refractivity contribution is 5.19. The van der Waals surface area contributed by atoms with E-state index in [-0.39, 0.29) is 5.69 Å². The molecule has 0 amide bonds. The molecule has 0 aromatic carbocycles. The van der Waals surface area contributed by atoms with E-state index in [1.54, 1.807) is 5.10 Å². The Labute approximate surface area is 91.8 Å². The fourth-order valence-corrected chi connectivity index (χ4v) is 0.758. The minimum absolute atomic E-state index is 0.00926. The van der Waals surface area contributed by atoms with Crippen molar-refractivity contribution in [3.05, 3.63) is 40.5 Å². The Morgan fingerprint density at radius 3 is 2.29 bits per heavy atom. The number of alkyl halides is 3. The molecule has 0 aliphatic heterocycles. The lowest BCUT2D eigenvalue weighted by atomic mass is 10.4. The molecular weight excluding hydrogens is 243 g/mol. The molecule has 2 rings (SSSR count). The van der Waals surface area contributed by atoms with Crippen LogP contribution in [0.15, 0.2) is 24.7 Å². The van der Waals surface area contributed by atoms with Gasteiger partial charge in [0.25, 0.3) is 0 Å². The Hall–Kier alpha value is -2.39. The fourth-order valence-electron chi connectivity index (χ4n) is 0.758. The average molecular weight is 249 g/mol. The molecule has 0 fully saturated rings. The third-order valence-corrected chi connectivity index (χ3v) is 1.50. The van der Waals surface area contributed by atoms with E-state index in [1.165, 1.54) is 6.20 Å². The Balaban J connectivity index is 0.000000171. The SMILES string of the molecule is FC(F)(F)c1ccn[nH]1.O=[N+]([O-])c1cn[nH]c1. The summed E-state index contributed by atoms with van der Waals surface area (Å²) in [6, 6.07) is 0.875. The van der Waals surface area contributed by atoms with E-state index in [4.69, 9.17) is 0 Å². The van der Waals surface area contributed by atoms with Crippen LogP contribution in [0, 0.1) is 10.1 Å². The molecule has 0 aliphatic carbocycles. The molecule has 17 heavy (non-hydrogen) atoms. The number of hydrogen-bond acceptors (Lipinski definition) is 4. The maximum atomic E-state index is 11.5. The molecule has 92 valence electrons. The van der Waals surface area contributed by atoms with Crippen LogP contribution in [0.2, 0.25) is 0 Å². The van der Waals surface area contributed by atoms with Crippen LogP contribution in [-0.4, -0.2) is 25.3 Å². The topological polar surface area (TPSA) is 100 Å². The first-order valence-corrected chi connectivity index (χ1v) is 4.11.